The summed E-state index contributed by atoms with van der Waals surface area (Å²) in [5.41, 5.74) is 1.24. The molecular formula is C16H30N2O2S. The van der Waals surface area contributed by atoms with E-state index in [-0.39, 0.29) is 5.75 Å². The Kier molecular flexibility index (Phi) is 6.47. The molecule has 1 atom stereocenters. The van der Waals surface area contributed by atoms with E-state index >= 15 is 0 Å². The predicted molar refractivity (Wildman–Crippen MR) is 89.3 cm³/mol. The van der Waals surface area contributed by atoms with Crippen molar-refractivity contribution in [3.63, 3.8) is 0 Å². The molecule has 0 fully saturated rings. The average Bonchev–Trinajstić information content (AvgIpc) is 2.85. The summed E-state index contributed by atoms with van der Waals surface area (Å²) >= 11 is 0. The average molecular weight is 314 g/mol. The Balaban J connectivity index is 2.68. The van der Waals surface area contributed by atoms with E-state index < -0.39 is 14.6 Å². The summed E-state index contributed by atoms with van der Waals surface area (Å²) in [5.74, 6) is 0.184. The molecule has 0 radical (unpaired) electrons. The van der Waals surface area contributed by atoms with E-state index in [0.29, 0.717) is 12.6 Å². The Labute approximate surface area is 129 Å². The minimum atomic E-state index is -3.06. The molecule has 1 N–H and O–H groups in total. The summed E-state index contributed by atoms with van der Waals surface area (Å²) < 4.78 is 25.6. The maximum absolute atomic E-state index is 12.1. The first-order valence-electron chi connectivity index (χ1n) is 7.82. The molecule has 0 bridgehead atoms. The minimum absolute atomic E-state index is 0.184. The van der Waals surface area contributed by atoms with Gasteiger partial charge in [-0.2, -0.15) is 0 Å². The molecule has 0 aliphatic heterocycles. The topological polar surface area (TPSA) is 51.1 Å². The maximum Gasteiger partial charge on any atom is 0.156 e. The monoisotopic (exact) mass is 314 g/mol. The van der Waals surface area contributed by atoms with Gasteiger partial charge in [-0.05, 0) is 51.8 Å². The minimum Gasteiger partial charge on any atom is -0.353 e. The number of nitrogens with zero attached hydrogens (tertiary/aromatic N) is 1. The molecule has 21 heavy (non-hydrogen) atoms. The summed E-state index contributed by atoms with van der Waals surface area (Å²) in [6.45, 7) is 11.1. The first kappa shape index (κ1) is 18.2. The lowest BCUT2D eigenvalue weighted by molar-refractivity contribution is 0.517. The summed E-state index contributed by atoms with van der Waals surface area (Å²) in [4.78, 5) is 0. The van der Waals surface area contributed by atoms with Gasteiger partial charge in [0, 0.05) is 25.0 Å². The first-order chi connectivity index (χ1) is 9.71. The second-order valence-electron chi connectivity index (χ2n) is 6.53. The van der Waals surface area contributed by atoms with Gasteiger partial charge in [0.15, 0.2) is 9.84 Å². The molecule has 1 unspecified atom stereocenters. The Morgan fingerprint density at radius 1 is 1.29 bits per heavy atom. The van der Waals surface area contributed by atoms with E-state index in [1.807, 2.05) is 10.8 Å². The van der Waals surface area contributed by atoms with Crippen molar-refractivity contribution in [2.45, 2.75) is 64.8 Å². The van der Waals surface area contributed by atoms with E-state index in [2.05, 4.69) is 31.4 Å². The van der Waals surface area contributed by atoms with E-state index in [1.165, 1.54) is 5.56 Å². The Hall–Kier alpha value is -0.810. The van der Waals surface area contributed by atoms with Crippen LogP contribution in [-0.4, -0.2) is 30.0 Å². The molecule has 1 heterocycles. The number of nitrogens with one attached hydrogen (secondary N) is 1. The van der Waals surface area contributed by atoms with Crippen molar-refractivity contribution in [1.82, 2.24) is 9.88 Å². The first-order valence-corrected chi connectivity index (χ1v) is 9.48. The smallest absolute Gasteiger partial charge is 0.156 e. The normalized spacial score (nSPS) is 14.3. The highest BCUT2D eigenvalue weighted by molar-refractivity contribution is 7.92. The number of hydrogen-bond acceptors (Lipinski definition) is 3. The Bertz CT molecular complexity index is 527. The van der Waals surface area contributed by atoms with Crippen LogP contribution < -0.4 is 5.32 Å². The molecule has 0 aliphatic rings. The van der Waals surface area contributed by atoms with Gasteiger partial charge >= 0.3 is 0 Å². The van der Waals surface area contributed by atoms with Crippen molar-refractivity contribution < 1.29 is 8.42 Å². The van der Waals surface area contributed by atoms with Gasteiger partial charge in [0.1, 0.15) is 0 Å². The zero-order chi connectivity index (χ0) is 16.1. The molecule has 0 saturated carbocycles. The van der Waals surface area contributed by atoms with Crippen molar-refractivity contribution in [2.75, 3.05) is 12.3 Å². The van der Waals surface area contributed by atoms with Gasteiger partial charge in [-0.3, -0.25) is 0 Å². The highest BCUT2D eigenvalue weighted by Crippen LogP contribution is 2.19. The van der Waals surface area contributed by atoms with E-state index in [9.17, 15) is 8.42 Å². The van der Waals surface area contributed by atoms with Gasteiger partial charge in [-0.1, -0.05) is 13.8 Å². The van der Waals surface area contributed by atoms with E-state index in [1.54, 1.807) is 20.8 Å². The molecule has 0 amide bonds. The Morgan fingerprint density at radius 2 is 1.95 bits per heavy atom. The van der Waals surface area contributed by atoms with Crippen molar-refractivity contribution in [2.24, 2.45) is 0 Å². The predicted octanol–water partition coefficient (Wildman–Crippen LogP) is 3.15. The number of sulfone groups is 1. The SMILES string of the molecule is CCCNC(CC)c1ccn(CCS(=O)(=O)C(C)(C)C)c1. The lowest BCUT2D eigenvalue weighted by Gasteiger charge is -2.19. The number of hydrogen-bond donors (Lipinski definition) is 1. The fourth-order valence-electron chi connectivity index (χ4n) is 2.15. The second kappa shape index (κ2) is 7.45. The summed E-state index contributed by atoms with van der Waals surface area (Å²) in [6.07, 6.45) is 6.18. The van der Waals surface area contributed by atoms with Crippen LogP contribution in [0, 0.1) is 0 Å². The van der Waals surface area contributed by atoms with Crippen LogP contribution in [-0.2, 0) is 16.4 Å². The molecule has 0 spiro atoms. The van der Waals surface area contributed by atoms with Gasteiger partial charge in [-0.25, -0.2) is 8.42 Å². The van der Waals surface area contributed by atoms with E-state index in [4.69, 9.17) is 0 Å². The zero-order valence-electron chi connectivity index (χ0n) is 14.0. The largest absolute Gasteiger partial charge is 0.353 e. The third-order valence-corrected chi connectivity index (χ3v) is 6.36. The number of rotatable bonds is 8. The molecule has 1 aromatic heterocycles. The molecule has 0 aromatic carbocycles. The lowest BCUT2D eigenvalue weighted by atomic mass is 10.1. The fraction of sp³-hybridized carbons (Fsp3) is 0.750. The number of aryl methyl sites for hydroxylation is 1. The van der Waals surface area contributed by atoms with E-state index in [0.717, 1.165) is 19.4 Å². The van der Waals surface area contributed by atoms with Gasteiger partial charge < -0.3 is 9.88 Å². The van der Waals surface area contributed by atoms with Gasteiger partial charge in [0.05, 0.1) is 10.5 Å². The van der Waals surface area contributed by atoms with Gasteiger partial charge in [0.25, 0.3) is 0 Å². The lowest BCUT2D eigenvalue weighted by Crippen LogP contribution is -2.31. The van der Waals surface area contributed by atoms with Gasteiger partial charge in [0.2, 0.25) is 0 Å². The van der Waals surface area contributed by atoms with Crippen LogP contribution in [0.3, 0.4) is 0 Å². The van der Waals surface area contributed by atoms with Crippen molar-refractivity contribution in [1.29, 1.82) is 0 Å². The molecule has 1 rings (SSSR count). The highest BCUT2D eigenvalue weighted by Gasteiger charge is 2.28. The van der Waals surface area contributed by atoms with Crippen molar-refractivity contribution in [3.05, 3.63) is 24.0 Å². The molecule has 1 aromatic rings. The van der Waals surface area contributed by atoms with Crippen molar-refractivity contribution in [3.8, 4) is 0 Å². The molecular weight excluding hydrogens is 284 g/mol. The molecule has 0 saturated heterocycles. The number of aromatic nitrogens is 1. The third-order valence-electron chi connectivity index (χ3n) is 3.78. The fourth-order valence-corrected chi connectivity index (χ4v) is 3.22. The highest BCUT2D eigenvalue weighted by atomic mass is 32.2. The second-order valence-corrected chi connectivity index (χ2v) is 9.39. The van der Waals surface area contributed by atoms with Crippen LogP contribution in [0.2, 0.25) is 0 Å². The van der Waals surface area contributed by atoms with Crippen LogP contribution in [0.15, 0.2) is 18.5 Å². The summed E-state index contributed by atoms with van der Waals surface area (Å²) in [6, 6.07) is 2.44. The zero-order valence-corrected chi connectivity index (χ0v) is 14.8. The standard InChI is InChI=1S/C16H30N2O2S/c1-6-9-17-15(7-2)14-8-10-18(13-14)11-12-21(19,20)16(3,4)5/h8,10,13,15,17H,6-7,9,11-12H2,1-5H3. The van der Waals surface area contributed by atoms with Gasteiger partial charge in [-0.15, -0.1) is 0 Å². The van der Waals surface area contributed by atoms with Crippen LogP contribution in [0.1, 0.15) is 59.1 Å². The quantitative estimate of drug-likeness (QED) is 0.802. The molecule has 5 heteroatoms. The third kappa shape index (κ3) is 5.15. The van der Waals surface area contributed by atoms with Crippen molar-refractivity contribution >= 4 is 9.84 Å². The molecule has 4 nitrogen and oxygen atoms in total. The van der Waals surface area contributed by atoms with Crippen LogP contribution in [0.4, 0.5) is 0 Å². The summed E-state index contributed by atoms with van der Waals surface area (Å²) in [7, 11) is -3.06. The van der Waals surface area contributed by atoms with Crippen LogP contribution >= 0.6 is 0 Å². The van der Waals surface area contributed by atoms with Crippen LogP contribution in [0.5, 0.6) is 0 Å². The summed E-state index contributed by atoms with van der Waals surface area (Å²) in [5, 5.41) is 3.51. The molecule has 122 valence electrons. The van der Waals surface area contributed by atoms with Crippen LogP contribution in [0.25, 0.3) is 0 Å². The maximum atomic E-state index is 12.1. The Morgan fingerprint density at radius 3 is 2.48 bits per heavy atom. The molecule has 0 aliphatic carbocycles.